The van der Waals surface area contributed by atoms with Crippen LogP contribution in [0.2, 0.25) is 0 Å². The summed E-state index contributed by atoms with van der Waals surface area (Å²) < 4.78 is 1.75. The van der Waals surface area contributed by atoms with Crippen molar-refractivity contribution in [2.24, 2.45) is 0 Å². The average molecular weight is 279 g/mol. The molecule has 0 N–H and O–H groups in total. The lowest BCUT2D eigenvalue weighted by Gasteiger charge is -1.95. The largest absolute Gasteiger partial charge is 0.253 e. The van der Waals surface area contributed by atoms with Crippen molar-refractivity contribution in [1.29, 1.82) is 0 Å². The molecule has 0 aliphatic heterocycles. The summed E-state index contributed by atoms with van der Waals surface area (Å²) >= 11 is 1.52. The SMILES string of the molecule is c1ccc(-c2nn3c(-c4ccccn4)nnc3s2)cc1. The molecule has 5 nitrogen and oxygen atoms in total. The Kier molecular flexibility index (Phi) is 2.53. The molecule has 0 fully saturated rings. The highest BCUT2D eigenvalue weighted by Crippen LogP contribution is 2.26. The Morgan fingerprint density at radius 2 is 1.75 bits per heavy atom. The lowest BCUT2D eigenvalue weighted by atomic mass is 10.2. The maximum absolute atomic E-state index is 4.59. The van der Waals surface area contributed by atoms with Crippen LogP contribution in [0.3, 0.4) is 0 Å². The third-order valence-corrected chi connectivity index (χ3v) is 3.85. The van der Waals surface area contributed by atoms with E-state index in [1.807, 2.05) is 48.5 Å². The van der Waals surface area contributed by atoms with E-state index < -0.39 is 0 Å². The number of hydrogen-bond donors (Lipinski definition) is 0. The molecular weight excluding hydrogens is 270 g/mol. The maximum atomic E-state index is 4.59. The van der Waals surface area contributed by atoms with E-state index in [1.54, 1.807) is 10.7 Å². The summed E-state index contributed by atoms with van der Waals surface area (Å²) in [5.41, 5.74) is 1.85. The number of nitrogens with zero attached hydrogens (tertiary/aromatic N) is 5. The van der Waals surface area contributed by atoms with Gasteiger partial charge in [0, 0.05) is 11.8 Å². The average Bonchev–Trinajstić information content (AvgIpc) is 3.09. The Balaban J connectivity index is 1.88. The quantitative estimate of drug-likeness (QED) is 0.566. The second kappa shape index (κ2) is 4.50. The number of fused-ring (bicyclic) bond motifs is 1. The Hall–Kier alpha value is -2.60. The van der Waals surface area contributed by atoms with Crippen molar-refractivity contribution < 1.29 is 0 Å². The highest BCUT2D eigenvalue weighted by atomic mass is 32.1. The van der Waals surface area contributed by atoms with Crippen molar-refractivity contribution in [3.8, 4) is 22.1 Å². The summed E-state index contributed by atoms with van der Waals surface area (Å²) in [5.74, 6) is 0.666. The number of pyridine rings is 1. The van der Waals surface area contributed by atoms with Crippen LogP contribution in [0.5, 0.6) is 0 Å². The van der Waals surface area contributed by atoms with Gasteiger partial charge in [-0.05, 0) is 12.1 Å². The van der Waals surface area contributed by atoms with Crippen molar-refractivity contribution in [1.82, 2.24) is 24.8 Å². The van der Waals surface area contributed by atoms with Crippen LogP contribution in [0.15, 0.2) is 54.7 Å². The molecule has 3 aromatic heterocycles. The topological polar surface area (TPSA) is 56.0 Å². The molecule has 4 aromatic rings. The van der Waals surface area contributed by atoms with Crippen LogP contribution in [-0.4, -0.2) is 24.8 Å². The summed E-state index contributed by atoms with van der Waals surface area (Å²) in [5, 5.41) is 13.8. The smallest absolute Gasteiger partial charge is 0.235 e. The Morgan fingerprint density at radius 1 is 0.900 bits per heavy atom. The van der Waals surface area contributed by atoms with Crippen LogP contribution < -0.4 is 0 Å². The van der Waals surface area contributed by atoms with Crippen LogP contribution in [-0.2, 0) is 0 Å². The van der Waals surface area contributed by atoms with Crippen molar-refractivity contribution in [3.63, 3.8) is 0 Å². The molecule has 3 heterocycles. The van der Waals surface area contributed by atoms with Crippen molar-refractivity contribution >= 4 is 16.3 Å². The third-order valence-electron chi connectivity index (χ3n) is 2.91. The monoisotopic (exact) mass is 279 g/mol. The molecule has 0 spiro atoms. The van der Waals surface area contributed by atoms with Crippen molar-refractivity contribution in [3.05, 3.63) is 54.7 Å². The summed E-state index contributed by atoms with van der Waals surface area (Å²) in [6.45, 7) is 0. The molecule has 0 unspecified atom stereocenters. The van der Waals surface area contributed by atoms with E-state index in [9.17, 15) is 0 Å². The first-order valence-electron chi connectivity index (χ1n) is 6.11. The molecular formula is C14H9N5S. The highest BCUT2D eigenvalue weighted by molar-refractivity contribution is 7.19. The van der Waals surface area contributed by atoms with Gasteiger partial charge in [0.25, 0.3) is 0 Å². The molecule has 0 saturated heterocycles. The summed E-state index contributed by atoms with van der Waals surface area (Å²) in [7, 11) is 0. The van der Waals surface area contributed by atoms with Crippen molar-refractivity contribution in [2.75, 3.05) is 0 Å². The zero-order valence-electron chi connectivity index (χ0n) is 10.3. The summed E-state index contributed by atoms with van der Waals surface area (Å²) in [6, 6.07) is 15.8. The van der Waals surface area contributed by atoms with Gasteiger partial charge < -0.3 is 0 Å². The molecule has 0 radical (unpaired) electrons. The minimum atomic E-state index is 0.666. The molecule has 6 heteroatoms. The van der Waals surface area contributed by atoms with Gasteiger partial charge in [0.15, 0.2) is 0 Å². The normalized spacial score (nSPS) is 11.0. The number of rotatable bonds is 2. The zero-order valence-corrected chi connectivity index (χ0v) is 11.2. The van der Waals surface area contributed by atoms with Crippen molar-refractivity contribution in [2.45, 2.75) is 0 Å². The molecule has 4 rings (SSSR count). The van der Waals surface area contributed by atoms with E-state index in [0.29, 0.717) is 5.82 Å². The van der Waals surface area contributed by atoms with Gasteiger partial charge in [-0.25, -0.2) is 0 Å². The highest BCUT2D eigenvalue weighted by Gasteiger charge is 2.14. The molecule has 96 valence electrons. The van der Waals surface area contributed by atoms with E-state index in [0.717, 1.165) is 21.2 Å². The van der Waals surface area contributed by atoms with Gasteiger partial charge in [-0.3, -0.25) is 4.98 Å². The molecule has 0 aliphatic carbocycles. The molecule has 0 amide bonds. The first kappa shape index (κ1) is 11.2. The van der Waals surface area contributed by atoms with E-state index >= 15 is 0 Å². The lowest BCUT2D eigenvalue weighted by Crippen LogP contribution is -1.92. The predicted octanol–water partition coefficient (Wildman–Crippen LogP) is 2.91. The minimum Gasteiger partial charge on any atom is -0.253 e. The Bertz CT molecular complexity index is 851. The second-order valence-electron chi connectivity index (χ2n) is 4.21. The fourth-order valence-corrected chi connectivity index (χ4v) is 2.81. The van der Waals surface area contributed by atoms with Crippen LogP contribution in [0.4, 0.5) is 0 Å². The molecule has 1 aromatic carbocycles. The van der Waals surface area contributed by atoms with Gasteiger partial charge in [-0.2, -0.15) is 9.61 Å². The fraction of sp³-hybridized carbons (Fsp3) is 0. The summed E-state index contributed by atoms with van der Waals surface area (Å²) in [6.07, 6.45) is 1.74. The molecule has 0 bridgehead atoms. The van der Waals surface area contributed by atoms with Gasteiger partial charge in [-0.1, -0.05) is 47.7 Å². The Morgan fingerprint density at radius 3 is 2.55 bits per heavy atom. The van der Waals surface area contributed by atoms with Gasteiger partial charge in [-0.15, -0.1) is 10.2 Å². The first-order valence-corrected chi connectivity index (χ1v) is 6.92. The Labute approximate surface area is 118 Å². The van der Waals surface area contributed by atoms with Crippen LogP contribution in [0.1, 0.15) is 0 Å². The minimum absolute atomic E-state index is 0.666. The van der Waals surface area contributed by atoms with E-state index in [-0.39, 0.29) is 0 Å². The van der Waals surface area contributed by atoms with Crippen LogP contribution in [0, 0.1) is 0 Å². The van der Waals surface area contributed by atoms with Gasteiger partial charge in [0.2, 0.25) is 10.8 Å². The first-order chi connectivity index (χ1) is 9.92. The van der Waals surface area contributed by atoms with Gasteiger partial charge >= 0.3 is 0 Å². The predicted molar refractivity (Wildman–Crippen MR) is 77.3 cm³/mol. The van der Waals surface area contributed by atoms with Crippen LogP contribution >= 0.6 is 11.3 Å². The molecule has 20 heavy (non-hydrogen) atoms. The fourth-order valence-electron chi connectivity index (χ4n) is 1.97. The zero-order chi connectivity index (χ0) is 13.4. The molecule has 0 atom stereocenters. The summed E-state index contributed by atoms with van der Waals surface area (Å²) in [4.78, 5) is 5.06. The third kappa shape index (κ3) is 1.78. The number of aromatic nitrogens is 5. The van der Waals surface area contributed by atoms with Gasteiger partial charge in [0.05, 0.1) is 0 Å². The van der Waals surface area contributed by atoms with Crippen LogP contribution in [0.25, 0.3) is 27.1 Å². The molecule has 0 saturated carbocycles. The second-order valence-corrected chi connectivity index (χ2v) is 5.16. The van der Waals surface area contributed by atoms with E-state index in [2.05, 4.69) is 20.3 Å². The van der Waals surface area contributed by atoms with E-state index in [1.165, 1.54) is 11.3 Å². The number of hydrogen-bond acceptors (Lipinski definition) is 5. The van der Waals surface area contributed by atoms with E-state index in [4.69, 9.17) is 0 Å². The number of benzene rings is 1. The molecule has 0 aliphatic rings. The lowest BCUT2D eigenvalue weighted by molar-refractivity contribution is 0.962. The van der Waals surface area contributed by atoms with Gasteiger partial charge in [0.1, 0.15) is 10.7 Å². The maximum Gasteiger partial charge on any atom is 0.235 e. The standard InChI is InChI=1S/C14H9N5S/c1-2-6-10(7-3-1)13-18-19-12(16-17-14(19)20-13)11-8-4-5-9-15-11/h1-9H.